The molecular formula is C21H20N8O3. The summed E-state index contributed by atoms with van der Waals surface area (Å²) in [5.74, 6) is -0.256. The summed E-state index contributed by atoms with van der Waals surface area (Å²) < 4.78 is 1.21. The maximum absolute atomic E-state index is 12.8. The van der Waals surface area contributed by atoms with Crippen molar-refractivity contribution < 1.29 is 4.79 Å². The van der Waals surface area contributed by atoms with E-state index in [1.807, 2.05) is 60.7 Å². The number of amides is 1. The van der Waals surface area contributed by atoms with Gasteiger partial charge in [-0.25, -0.2) is 4.79 Å². The highest BCUT2D eigenvalue weighted by Gasteiger charge is 2.22. The summed E-state index contributed by atoms with van der Waals surface area (Å²) in [6, 6.07) is 18.4. The van der Waals surface area contributed by atoms with Crippen LogP contribution in [0.3, 0.4) is 0 Å². The number of nitrogens with zero attached hydrogens (tertiary/aromatic N) is 6. The molecule has 0 aliphatic carbocycles. The second kappa shape index (κ2) is 8.68. The maximum Gasteiger partial charge on any atom is 0.330 e. The molecule has 3 N–H and O–H groups in total. The predicted molar refractivity (Wildman–Crippen MR) is 118 cm³/mol. The Bertz CT molecular complexity index is 1360. The number of nitrogen functional groups attached to an aromatic ring is 1. The molecular weight excluding hydrogens is 412 g/mol. The van der Waals surface area contributed by atoms with Crippen LogP contribution in [-0.2, 0) is 17.9 Å². The van der Waals surface area contributed by atoms with Crippen LogP contribution in [0.15, 0.2) is 70.3 Å². The van der Waals surface area contributed by atoms with Crippen molar-refractivity contribution in [3.63, 3.8) is 0 Å². The van der Waals surface area contributed by atoms with E-state index < -0.39 is 17.2 Å². The number of tetrazole rings is 1. The number of nitrogens with one attached hydrogen (secondary N) is 1. The Kier molecular flexibility index (Phi) is 5.62. The molecule has 4 rings (SSSR count). The molecule has 0 aliphatic heterocycles. The monoisotopic (exact) mass is 432 g/mol. The van der Waals surface area contributed by atoms with Gasteiger partial charge in [0.1, 0.15) is 12.4 Å². The Labute approximate surface area is 181 Å². The van der Waals surface area contributed by atoms with E-state index in [2.05, 4.69) is 20.4 Å². The smallest absolute Gasteiger partial charge is 0.330 e. The summed E-state index contributed by atoms with van der Waals surface area (Å²) >= 11 is 0. The number of anilines is 2. The van der Waals surface area contributed by atoms with E-state index in [4.69, 9.17) is 5.73 Å². The van der Waals surface area contributed by atoms with E-state index in [9.17, 15) is 14.4 Å². The van der Waals surface area contributed by atoms with E-state index in [0.29, 0.717) is 5.82 Å². The first kappa shape index (κ1) is 20.7. The number of carbonyl (C=O) groups excluding carboxylic acids is 1. The van der Waals surface area contributed by atoms with Gasteiger partial charge in [-0.1, -0.05) is 60.7 Å². The molecule has 11 heteroatoms. The highest BCUT2D eigenvalue weighted by atomic mass is 16.2. The van der Waals surface area contributed by atoms with Crippen LogP contribution in [0.4, 0.5) is 11.5 Å². The lowest BCUT2D eigenvalue weighted by Crippen LogP contribution is -2.40. The second-order valence-corrected chi connectivity index (χ2v) is 7.03. The third-order valence-electron chi connectivity index (χ3n) is 4.87. The minimum atomic E-state index is -0.760. The first-order valence-corrected chi connectivity index (χ1v) is 9.70. The first-order chi connectivity index (χ1) is 15.4. The third-order valence-corrected chi connectivity index (χ3v) is 4.87. The van der Waals surface area contributed by atoms with Crippen molar-refractivity contribution in [3.8, 4) is 11.4 Å². The Morgan fingerprint density at radius 3 is 2.41 bits per heavy atom. The number of aromatic nitrogens is 6. The van der Waals surface area contributed by atoms with Crippen LogP contribution in [0.5, 0.6) is 0 Å². The first-order valence-electron chi connectivity index (χ1n) is 9.70. The fourth-order valence-electron chi connectivity index (χ4n) is 3.19. The third kappa shape index (κ3) is 4.17. The molecule has 0 saturated carbocycles. The number of aromatic amines is 1. The van der Waals surface area contributed by atoms with Gasteiger partial charge in [-0.05, 0) is 10.8 Å². The van der Waals surface area contributed by atoms with Crippen LogP contribution in [0.2, 0.25) is 0 Å². The summed E-state index contributed by atoms with van der Waals surface area (Å²) in [5, 5.41) is 12.1. The van der Waals surface area contributed by atoms with Gasteiger partial charge in [-0.15, -0.1) is 10.2 Å². The van der Waals surface area contributed by atoms with Crippen molar-refractivity contribution in [3.05, 3.63) is 87.1 Å². The number of rotatable bonds is 6. The fraction of sp³-hybridized carbons (Fsp3) is 0.143. The van der Waals surface area contributed by atoms with Crippen LogP contribution in [0.25, 0.3) is 11.4 Å². The lowest BCUT2D eigenvalue weighted by molar-refractivity contribution is -0.119. The van der Waals surface area contributed by atoms with E-state index in [1.165, 1.54) is 11.6 Å². The Morgan fingerprint density at radius 2 is 1.72 bits per heavy atom. The summed E-state index contributed by atoms with van der Waals surface area (Å²) in [7, 11) is 1.40. The second-order valence-electron chi connectivity index (χ2n) is 7.03. The molecule has 32 heavy (non-hydrogen) atoms. The molecule has 11 nitrogen and oxygen atoms in total. The Hall–Kier alpha value is -4.54. The van der Waals surface area contributed by atoms with Crippen molar-refractivity contribution in [2.75, 3.05) is 17.7 Å². The molecule has 0 unspecified atom stereocenters. The largest absolute Gasteiger partial charge is 0.383 e. The van der Waals surface area contributed by atoms with Crippen LogP contribution >= 0.6 is 0 Å². The molecule has 0 atom stereocenters. The van der Waals surface area contributed by atoms with Crippen LogP contribution in [0.1, 0.15) is 5.56 Å². The standard InChI is InChI=1S/C21H20N8O3/c1-27(16(30)13-29-25-19(24-26-29)15-10-6-3-7-11-15)17-18(22)28(21(32)23-20(17)31)12-14-8-4-2-5-9-14/h2-11H,12-13,22H2,1H3,(H,23,31,32). The van der Waals surface area contributed by atoms with Gasteiger partial charge in [-0.3, -0.25) is 19.1 Å². The average Bonchev–Trinajstić information content (AvgIpc) is 3.26. The minimum absolute atomic E-state index is 0.116. The molecule has 4 aromatic rings. The Balaban J connectivity index is 1.59. The van der Waals surface area contributed by atoms with Gasteiger partial charge >= 0.3 is 5.69 Å². The number of hydrogen-bond acceptors (Lipinski definition) is 7. The summed E-state index contributed by atoms with van der Waals surface area (Å²) in [5.41, 5.74) is 6.16. The molecule has 0 saturated heterocycles. The molecule has 162 valence electrons. The predicted octanol–water partition coefficient (Wildman–Crippen LogP) is 0.484. The normalized spacial score (nSPS) is 10.8. The molecule has 0 aliphatic rings. The van der Waals surface area contributed by atoms with Crippen LogP contribution in [0, 0.1) is 0 Å². The minimum Gasteiger partial charge on any atom is -0.383 e. The van der Waals surface area contributed by atoms with E-state index in [1.54, 1.807) is 0 Å². The zero-order valence-electron chi connectivity index (χ0n) is 17.2. The van der Waals surface area contributed by atoms with Gasteiger partial charge in [-0.2, -0.15) is 4.80 Å². The Morgan fingerprint density at radius 1 is 1.06 bits per heavy atom. The zero-order valence-corrected chi connectivity index (χ0v) is 17.2. The quantitative estimate of drug-likeness (QED) is 0.451. The number of nitrogens with two attached hydrogens (primary N) is 1. The molecule has 1 amide bonds. The van der Waals surface area contributed by atoms with Crippen molar-refractivity contribution in [2.45, 2.75) is 13.1 Å². The average molecular weight is 432 g/mol. The highest BCUT2D eigenvalue weighted by Crippen LogP contribution is 2.17. The van der Waals surface area contributed by atoms with Gasteiger partial charge in [0.15, 0.2) is 5.69 Å². The van der Waals surface area contributed by atoms with Crippen molar-refractivity contribution in [1.82, 2.24) is 29.8 Å². The van der Waals surface area contributed by atoms with Crippen LogP contribution < -0.4 is 21.9 Å². The lowest BCUT2D eigenvalue weighted by Gasteiger charge is -2.20. The van der Waals surface area contributed by atoms with Gasteiger partial charge in [0.05, 0.1) is 6.54 Å². The molecule has 0 fully saturated rings. The summed E-state index contributed by atoms with van der Waals surface area (Å²) in [4.78, 5) is 42.0. The fourth-order valence-corrected chi connectivity index (χ4v) is 3.19. The topological polar surface area (TPSA) is 145 Å². The lowest BCUT2D eigenvalue weighted by atomic mass is 10.2. The molecule has 2 aromatic carbocycles. The number of likely N-dealkylation sites (N-methyl/N-ethyl adjacent to an activating group) is 1. The number of carbonyl (C=O) groups is 1. The van der Waals surface area contributed by atoms with Crippen molar-refractivity contribution in [2.24, 2.45) is 0 Å². The molecule has 2 aromatic heterocycles. The highest BCUT2D eigenvalue weighted by molar-refractivity contribution is 5.94. The SMILES string of the molecule is CN(C(=O)Cn1nnc(-c2ccccc2)n1)c1c(N)n(Cc2ccccc2)c(=O)[nH]c1=O. The maximum atomic E-state index is 12.8. The van der Waals surface area contributed by atoms with Gasteiger partial charge in [0.25, 0.3) is 11.5 Å². The van der Waals surface area contributed by atoms with Gasteiger partial charge < -0.3 is 10.6 Å². The van der Waals surface area contributed by atoms with Gasteiger partial charge in [0.2, 0.25) is 5.82 Å². The zero-order chi connectivity index (χ0) is 22.7. The number of benzene rings is 2. The number of hydrogen-bond donors (Lipinski definition) is 2. The van der Waals surface area contributed by atoms with Crippen molar-refractivity contribution >= 4 is 17.4 Å². The van der Waals surface area contributed by atoms with Gasteiger partial charge in [0, 0.05) is 12.6 Å². The molecule has 0 spiro atoms. The van der Waals surface area contributed by atoms with Crippen molar-refractivity contribution in [1.29, 1.82) is 0 Å². The van der Waals surface area contributed by atoms with E-state index in [-0.39, 0.29) is 24.6 Å². The summed E-state index contributed by atoms with van der Waals surface area (Å²) in [6.07, 6.45) is 0. The summed E-state index contributed by atoms with van der Waals surface area (Å²) in [6.45, 7) is -0.130. The number of H-pyrrole nitrogens is 1. The van der Waals surface area contributed by atoms with E-state index >= 15 is 0 Å². The van der Waals surface area contributed by atoms with Crippen LogP contribution in [-0.4, -0.2) is 42.7 Å². The molecule has 0 bridgehead atoms. The van der Waals surface area contributed by atoms with E-state index in [0.717, 1.165) is 20.8 Å². The molecule has 0 radical (unpaired) electrons. The molecule has 2 heterocycles.